The molecule has 0 atom stereocenters. The maximum atomic E-state index is 13.6. The molecule has 0 aliphatic heterocycles. The second-order valence-electron chi connectivity index (χ2n) is 3.52. The van der Waals surface area contributed by atoms with Gasteiger partial charge in [0.15, 0.2) is 11.6 Å². The highest BCUT2D eigenvalue weighted by molar-refractivity contribution is 9.10. The third-order valence-electron chi connectivity index (χ3n) is 2.25. The summed E-state index contributed by atoms with van der Waals surface area (Å²) in [5.74, 6) is -0.865. The van der Waals surface area contributed by atoms with E-state index in [0.717, 1.165) is 0 Å². The molecule has 0 radical (unpaired) electrons. The van der Waals surface area contributed by atoms with E-state index in [-0.39, 0.29) is 16.5 Å². The lowest BCUT2D eigenvalue weighted by Crippen LogP contribution is -1.95. The van der Waals surface area contributed by atoms with E-state index in [9.17, 15) is 14.5 Å². The summed E-state index contributed by atoms with van der Waals surface area (Å²) in [6.07, 6.45) is 0. The number of benzene rings is 2. The van der Waals surface area contributed by atoms with E-state index >= 15 is 0 Å². The summed E-state index contributed by atoms with van der Waals surface area (Å²) >= 11 is 8.84. The standard InChI is InChI=1S/C12H6BrClFNO3/c13-7-4-5-10(9(15)6-7)19-11-3-1-2-8(14)12(11)16(17)18/h1-6H. The number of para-hydroxylation sites is 1. The normalized spacial score (nSPS) is 10.3. The van der Waals surface area contributed by atoms with Gasteiger partial charge in [0.05, 0.1) is 4.92 Å². The van der Waals surface area contributed by atoms with Crippen LogP contribution in [0, 0.1) is 15.9 Å². The van der Waals surface area contributed by atoms with Crippen LogP contribution in [0.2, 0.25) is 5.02 Å². The van der Waals surface area contributed by atoms with Crippen molar-refractivity contribution in [2.75, 3.05) is 0 Å². The van der Waals surface area contributed by atoms with Gasteiger partial charge in [0.2, 0.25) is 5.75 Å². The Bertz CT molecular complexity index is 651. The van der Waals surface area contributed by atoms with Crippen LogP contribution in [0.15, 0.2) is 40.9 Å². The Hall–Kier alpha value is -1.66. The van der Waals surface area contributed by atoms with E-state index < -0.39 is 16.4 Å². The lowest BCUT2D eigenvalue weighted by Gasteiger charge is -2.08. The molecule has 0 fully saturated rings. The maximum Gasteiger partial charge on any atom is 0.329 e. The van der Waals surface area contributed by atoms with Gasteiger partial charge in [0, 0.05) is 4.47 Å². The average Bonchev–Trinajstić information content (AvgIpc) is 2.32. The Morgan fingerprint density at radius 1 is 1.26 bits per heavy atom. The second kappa shape index (κ2) is 5.54. The molecule has 2 aromatic carbocycles. The van der Waals surface area contributed by atoms with Crippen LogP contribution in [0.25, 0.3) is 0 Å². The number of ether oxygens (including phenoxy) is 1. The van der Waals surface area contributed by atoms with Crippen molar-refractivity contribution in [2.24, 2.45) is 0 Å². The largest absolute Gasteiger partial charge is 0.447 e. The number of rotatable bonds is 3. The fourth-order valence-electron chi connectivity index (χ4n) is 1.43. The van der Waals surface area contributed by atoms with Crippen LogP contribution in [0.1, 0.15) is 0 Å². The summed E-state index contributed by atoms with van der Waals surface area (Å²) in [4.78, 5) is 10.2. The molecule has 0 saturated heterocycles. The number of hydrogen-bond donors (Lipinski definition) is 0. The van der Waals surface area contributed by atoms with Crippen molar-refractivity contribution in [1.82, 2.24) is 0 Å². The maximum absolute atomic E-state index is 13.6. The Morgan fingerprint density at radius 3 is 2.63 bits per heavy atom. The van der Waals surface area contributed by atoms with Crippen LogP contribution in [0.4, 0.5) is 10.1 Å². The van der Waals surface area contributed by atoms with Gasteiger partial charge in [-0.1, -0.05) is 33.6 Å². The molecule has 98 valence electrons. The monoisotopic (exact) mass is 345 g/mol. The fourth-order valence-corrected chi connectivity index (χ4v) is 2.00. The van der Waals surface area contributed by atoms with Crippen molar-refractivity contribution >= 4 is 33.2 Å². The Kier molecular flexibility index (Phi) is 4.01. The number of nitro groups is 1. The van der Waals surface area contributed by atoms with Gasteiger partial charge in [-0.15, -0.1) is 0 Å². The number of nitro benzene ring substituents is 1. The van der Waals surface area contributed by atoms with Crippen molar-refractivity contribution in [3.05, 3.63) is 61.8 Å². The number of nitrogens with zero attached hydrogens (tertiary/aromatic N) is 1. The predicted molar refractivity (Wildman–Crippen MR) is 72.3 cm³/mol. The van der Waals surface area contributed by atoms with Crippen molar-refractivity contribution in [3.8, 4) is 11.5 Å². The minimum absolute atomic E-state index is 0.0694. The summed E-state index contributed by atoms with van der Waals surface area (Å²) in [6, 6.07) is 8.34. The van der Waals surface area contributed by atoms with Crippen molar-refractivity contribution < 1.29 is 14.1 Å². The van der Waals surface area contributed by atoms with Gasteiger partial charge in [-0.05, 0) is 30.3 Å². The van der Waals surface area contributed by atoms with Gasteiger partial charge in [0.1, 0.15) is 5.02 Å². The molecular formula is C12H6BrClFNO3. The molecule has 0 aliphatic carbocycles. The van der Waals surface area contributed by atoms with E-state index in [4.69, 9.17) is 16.3 Å². The molecule has 4 nitrogen and oxygen atoms in total. The minimum Gasteiger partial charge on any atom is -0.447 e. The van der Waals surface area contributed by atoms with Crippen molar-refractivity contribution in [3.63, 3.8) is 0 Å². The summed E-state index contributed by atoms with van der Waals surface area (Å²) in [7, 11) is 0. The highest BCUT2D eigenvalue weighted by Gasteiger charge is 2.21. The van der Waals surface area contributed by atoms with Crippen LogP contribution in [-0.4, -0.2) is 4.92 Å². The first-order chi connectivity index (χ1) is 8.99. The Labute approximate surface area is 121 Å². The lowest BCUT2D eigenvalue weighted by molar-refractivity contribution is -0.385. The molecule has 0 saturated carbocycles. The van der Waals surface area contributed by atoms with E-state index in [0.29, 0.717) is 4.47 Å². The molecule has 0 amide bonds. The first-order valence-corrected chi connectivity index (χ1v) is 6.22. The predicted octanol–water partition coefficient (Wildman–Crippen LogP) is 4.94. The molecular weight excluding hydrogens is 340 g/mol. The zero-order chi connectivity index (χ0) is 14.0. The number of hydrogen-bond acceptors (Lipinski definition) is 3. The van der Waals surface area contributed by atoms with Crippen molar-refractivity contribution in [2.45, 2.75) is 0 Å². The molecule has 0 unspecified atom stereocenters. The lowest BCUT2D eigenvalue weighted by atomic mass is 10.3. The summed E-state index contributed by atoms with van der Waals surface area (Å²) in [6.45, 7) is 0. The molecule has 0 N–H and O–H groups in total. The molecule has 0 aliphatic rings. The second-order valence-corrected chi connectivity index (χ2v) is 4.84. The molecule has 0 heterocycles. The SMILES string of the molecule is O=[N+]([O-])c1c(Cl)cccc1Oc1ccc(Br)cc1F. The van der Waals surface area contributed by atoms with E-state index in [1.807, 2.05) is 0 Å². The van der Waals surface area contributed by atoms with Crippen LogP contribution < -0.4 is 4.74 Å². The Morgan fingerprint density at radius 2 is 2.00 bits per heavy atom. The van der Waals surface area contributed by atoms with Crippen LogP contribution in [-0.2, 0) is 0 Å². The highest BCUT2D eigenvalue weighted by atomic mass is 79.9. The highest BCUT2D eigenvalue weighted by Crippen LogP contribution is 2.37. The molecule has 7 heteroatoms. The smallest absolute Gasteiger partial charge is 0.329 e. The van der Waals surface area contributed by atoms with Gasteiger partial charge in [-0.3, -0.25) is 10.1 Å². The summed E-state index contributed by atoms with van der Waals surface area (Å²) < 4.78 is 19.4. The first-order valence-electron chi connectivity index (χ1n) is 5.05. The van der Waals surface area contributed by atoms with Gasteiger partial charge >= 0.3 is 5.69 Å². The third-order valence-corrected chi connectivity index (χ3v) is 3.04. The van der Waals surface area contributed by atoms with Gasteiger partial charge in [-0.2, -0.15) is 0 Å². The van der Waals surface area contributed by atoms with E-state index in [1.165, 1.54) is 30.3 Å². The molecule has 0 spiro atoms. The topological polar surface area (TPSA) is 52.4 Å². The first kappa shape index (κ1) is 13.8. The zero-order valence-corrected chi connectivity index (χ0v) is 11.6. The third kappa shape index (κ3) is 3.02. The fraction of sp³-hybridized carbons (Fsp3) is 0. The van der Waals surface area contributed by atoms with Crippen LogP contribution in [0.5, 0.6) is 11.5 Å². The summed E-state index contributed by atoms with van der Waals surface area (Å²) in [5, 5.41) is 10.8. The minimum atomic E-state index is -0.672. The van der Waals surface area contributed by atoms with Crippen molar-refractivity contribution in [1.29, 1.82) is 0 Å². The molecule has 2 rings (SSSR count). The Balaban J connectivity index is 2.44. The molecule has 19 heavy (non-hydrogen) atoms. The van der Waals surface area contributed by atoms with E-state index in [2.05, 4.69) is 15.9 Å². The summed E-state index contributed by atoms with van der Waals surface area (Å²) in [5.41, 5.74) is -0.397. The van der Waals surface area contributed by atoms with Gasteiger partial charge in [-0.25, -0.2) is 4.39 Å². The van der Waals surface area contributed by atoms with Crippen LogP contribution >= 0.6 is 27.5 Å². The van der Waals surface area contributed by atoms with Gasteiger partial charge < -0.3 is 4.74 Å². The number of halogens is 3. The average molecular weight is 347 g/mol. The van der Waals surface area contributed by atoms with Crippen LogP contribution in [0.3, 0.4) is 0 Å². The van der Waals surface area contributed by atoms with E-state index in [1.54, 1.807) is 6.07 Å². The molecule has 2 aromatic rings. The zero-order valence-electron chi connectivity index (χ0n) is 9.27. The molecule has 0 bridgehead atoms. The molecule has 0 aromatic heterocycles. The quantitative estimate of drug-likeness (QED) is 0.584. The van der Waals surface area contributed by atoms with Gasteiger partial charge in [0.25, 0.3) is 0 Å².